The molecule has 2 heteroatoms. The van der Waals surface area contributed by atoms with E-state index in [0.29, 0.717) is 0 Å². The highest BCUT2D eigenvalue weighted by Gasteiger charge is 2.04. The number of aromatic nitrogens is 1. The van der Waals surface area contributed by atoms with E-state index in [2.05, 4.69) is 23.2 Å². The van der Waals surface area contributed by atoms with Crippen molar-refractivity contribution >= 4 is 10.9 Å². The summed E-state index contributed by atoms with van der Waals surface area (Å²) in [5, 5.41) is 1.23. The van der Waals surface area contributed by atoms with Gasteiger partial charge in [-0.2, -0.15) is 0 Å². The molecule has 0 aliphatic heterocycles. The first-order chi connectivity index (χ1) is 5.79. The minimum atomic E-state index is 0.0901. The summed E-state index contributed by atoms with van der Waals surface area (Å²) in [6.07, 6.45) is 1.94. The van der Waals surface area contributed by atoms with Crippen LogP contribution in [0, 0.1) is 0 Å². The standard InChI is InChI=1S/C10H12N2/c1-7(11)9-4-2-3-8-5-6-12-10(8)9/h2-7,12H,11H2,1H3/t7-/m1/s1. The Balaban J connectivity index is 2.73. The van der Waals surface area contributed by atoms with Crippen molar-refractivity contribution in [3.8, 4) is 0 Å². The summed E-state index contributed by atoms with van der Waals surface area (Å²) in [6.45, 7) is 2.00. The zero-order valence-corrected chi connectivity index (χ0v) is 7.04. The highest BCUT2D eigenvalue weighted by molar-refractivity contribution is 5.82. The Labute approximate surface area is 71.4 Å². The van der Waals surface area contributed by atoms with Crippen LogP contribution in [0.1, 0.15) is 18.5 Å². The molecule has 0 bridgehead atoms. The average molecular weight is 160 g/mol. The van der Waals surface area contributed by atoms with E-state index in [0.717, 1.165) is 5.52 Å². The van der Waals surface area contributed by atoms with Crippen LogP contribution in [0.4, 0.5) is 0 Å². The number of H-pyrrole nitrogens is 1. The minimum absolute atomic E-state index is 0.0901. The van der Waals surface area contributed by atoms with Gasteiger partial charge in [0.05, 0.1) is 5.52 Å². The van der Waals surface area contributed by atoms with Crippen molar-refractivity contribution in [3.05, 3.63) is 36.0 Å². The van der Waals surface area contributed by atoms with E-state index in [-0.39, 0.29) is 6.04 Å². The number of fused-ring (bicyclic) bond motifs is 1. The third kappa shape index (κ3) is 1.01. The van der Waals surface area contributed by atoms with Crippen molar-refractivity contribution in [3.63, 3.8) is 0 Å². The number of benzene rings is 1. The molecule has 0 radical (unpaired) electrons. The van der Waals surface area contributed by atoms with Crippen molar-refractivity contribution in [1.82, 2.24) is 4.98 Å². The van der Waals surface area contributed by atoms with Gasteiger partial charge < -0.3 is 10.7 Å². The summed E-state index contributed by atoms with van der Waals surface area (Å²) in [5.74, 6) is 0. The maximum atomic E-state index is 5.82. The van der Waals surface area contributed by atoms with Crippen molar-refractivity contribution in [2.24, 2.45) is 5.73 Å². The number of nitrogens with two attached hydrogens (primary N) is 1. The summed E-state index contributed by atoms with van der Waals surface area (Å²) >= 11 is 0. The predicted molar refractivity (Wildman–Crippen MR) is 50.9 cm³/mol. The van der Waals surface area contributed by atoms with Crippen molar-refractivity contribution in [1.29, 1.82) is 0 Å². The van der Waals surface area contributed by atoms with Crippen molar-refractivity contribution < 1.29 is 0 Å². The molecule has 1 aromatic heterocycles. The second-order valence-electron chi connectivity index (χ2n) is 3.08. The molecule has 0 saturated carbocycles. The lowest BCUT2D eigenvalue weighted by molar-refractivity contribution is 0.824. The van der Waals surface area contributed by atoms with Gasteiger partial charge in [-0.1, -0.05) is 18.2 Å². The summed E-state index contributed by atoms with van der Waals surface area (Å²) in [5.41, 5.74) is 8.16. The van der Waals surface area contributed by atoms with E-state index in [1.807, 2.05) is 19.2 Å². The largest absolute Gasteiger partial charge is 0.361 e. The van der Waals surface area contributed by atoms with Crippen LogP contribution in [0.3, 0.4) is 0 Å². The molecular weight excluding hydrogens is 148 g/mol. The summed E-state index contributed by atoms with van der Waals surface area (Å²) in [4.78, 5) is 3.19. The van der Waals surface area contributed by atoms with Gasteiger partial charge in [0.25, 0.3) is 0 Å². The fraction of sp³-hybridized carbons (Fsp3) is 0.200. The minimum Gasteiger partial charge on any atom is -0.361 e. The van der Waals surface area contributed by atoms with Crippen molar-refractivity contribution in [2.75, 3.05) is 0 Å². The molecule has 0 saturated heterocycles. The molecule has 12 heavy (non-hydrogen) atoms. The lowest BCUT2D eigenvalue weighted by atomic mass is 10.1. The Bertz CT molecular complexity index is 387. The van der Waals surface area contributed by atoms with Crippen LogP contribution in [-0.4, -0.2) is 4.98 Å². The summed E-state index contributed by atoms with van der Waals surface area (Å²) in [6, 6.07) is 8.32. The maximum absolute atomic E-state index is 5.82. The topological polar surface area (TPSA) is 41.8 Å². The number of aromatic amines is 1. The lowest BCUT2D eigenvalue weighted by Gasteiger charge is -2.05. The second-order valence-corrected chi connectivity index (χ2v) is 3.08. The monoisotopic (exact) mass is 160 g/mol. The third-order valence-corrected chi connectivity index (χ3v) is 2.11. The maximum Gasteiger partial charge on any atom is 0.0502 e. The number of nitrogens with one attached hydrogen (secondary N) is 1. The zero-order valence-electron chi connectivity index (χ0n) is 7.04. The van der Waals surface area contributed by atoms with Gasteiger partial charge in [-0.05, 0) is 23.9 Å². The highest BCUT2D eigenvalue weighted by Crippen LogP contribution is 2.20. The van der Waals surface area contributed by atoms with Gasteiger partial charge in [-0.15, -0.1) is 0 Å². The molecule has 0 fully saturated rings. The Kier molecular flexibility index (Phi) is 1.62. The number of rotatable bonds is 1. The Morgan fingerprint density at radius 2 is 2.17 bits per heavy atom. The van der Waals surface area contributed by atoms with Crippen LogP contribution in [-0.2, 0) is 0 Å². The zero-order chi connectivity index (χ0) is 8.55. The van der Waals surface area contributed by atoms with Gasteiger partial charge in [0.1, 0.15) is 0 Å². The van der Waals surface area contributed by atoms with Gasteiger partial charge in [-0.3, -0.25) is 0 Å². The van der Waals surface area contributed by atoms with E-state index >= 15 is 0 Å². The quantitative estimate of drug-likeness (QED) is 0.659. The molecule has 3 N–H and O–H groups in total. The van der Waals surface area contributed by atoms with Gasteiger partial charge in [-0.25, -0.2) is 0 Å². The summed E-state index contributed by atoms with van der Waals surface area (Å²) < 4.78 is 0. The Morgan fingerprint density at radius 3 is 2.92 bits per heavy atom. The average Bonchev–Trinajstić information content (AvgIpc) is 2.49. The molecule has 0 amide bonds. The molecule has 0 aliphatic rings. The van der Waals surface area contributed by atoms with Gasteiger partial charge in [0, 0.05) is 12.2 Å². The van der Waals surface area contributed by atoms with Crippen LogP contribution in [0.25, 0.3) is 10.9 Å². The van der Waals surface area contributed by atoms with E-state index < -0.39 is 0 Å². The number of hydrogen-bond donors (Lipinski definition) is 2. The van der Waals surface area contributed by atoms with E-state index in [9.17, 15) is 0 Å². The Hall–Kier alpha value is -1.28. The van der Waals surface area contributed by atoms with E-state index in [4.69, 9.17) is 5.73 Å². The Morgan fingerprint density at radius 1 is 1.33 bits per heavy atom. The molecule has 0 spiro atoms. The molecular formula is C10H12N2. The van der Waals surface area contributed by atoms with Crippen LogP contribution >= 0.6 is 0 Å². The van der Waals surface area contributed by atoms with E-state index in [1.54, 1.807) is 0 Å². The van der Waals surface area contributed by atoms with Crippen molar-refractivity contribution in [2.45, 2.75) is 13.0 Å². The van der Waals surface area contributed by atoms with Gasteiger partial charge in [0.2, 0.25) is 0 Å². The lowest BCUT2D eigenvalue weighted by Crippen LogP contribution is -2.05. The first-order valence-corrected chi connectivity index (χ1v) is 4.10. The molecule has 62 valence electrons. The fourth-order valence-electron chi connectivity index (χ4n) is 1.49. The summed E-state index contributed by atoms with van der Waals surface area (Å²) in [7, 11) is 0. The third-order valence-electron chi connectivity index (χ3n) is 2.11. The molecule has 1 aromatic carbocycles. The smallest absolute Gasteiger partial charge is 0.0502 e. The normalized spacial score (nSPS) is 13.5. The SMILES string of the molecule is C[C@@H](N)c1cccc2cc[nH]c12. The predicted octanol–water partition coefficient (Wildman–Crippen LogP) is 2.19. The van der Waals surface area contributed by atoms with Crippen LogP contribution < -0.4 is 5.73 Å². The first kappa shape index (κ1) is 7.37. The molecule has 0 aliphatic carbocycles. The van der Waals surface area contributed by atoms with Gasteiger partial charge >= 0.3 is 0 Å². The fourth-order valence-corrected chi connectivity index (χ4v) is 1.49. The van der Waals surface area contributed by atoms with Crippen LogP contribution in [0.15, 0.2) is 30.5 Å². The molecule has 2 aromatic rings. The highest BCUT2D eigenvalue weighted by atomic mass is 14.7. The van der Waals surface area contributed by atoms with Crippen LogP contribution in [0.2, 0.25) is 0 Å². The number of para-hydroxylation sites is 1. The molecule has 1 atom stereocenters. The van der Waals surface area contributed by atoms with E-state index in [1.165, 1.54) is 10.9 Å². The molecule has 2 rings (SSSR count). The molecule has 1 heterocycles. The van der Waals surface area contributed by atoms with Gasteiger partial charge in [0.15, 0.2) is 0 Å². The number of hydrogen-bond acceptors (Lipinski definition) is 1. The first-order valence-electron chi connectivity index (χ1n) is 4.10. The molecule has 0 unspecified atom stereocenters. The second kappa shape index (κ2) is 2.64. The van der Waals surface area contributed by atoms with Crippen LogP contribution in [0.5, 0.6) is 0 Å². The molecule has 2 nitrogen and oxygen atoms in total.